The van der Waals surface area contributed by atoms with Gasteiger partial charge in [0.2, 0.25) is 0 Å². The van der Waals surface area contributed by atoms with E-state index in [1.165, 1.54) is 24.6 Å². The Labute approximate surface area is 237 Å². The number of carbonyl (C=O) groups excluding carboxylic acids is 1. The first-order valence-electron chi connectivity index (χ1n) is 14.5. The Morgan fingerprint density at radius 3 is 2.59 bits per heavy atom. The van der Waals surface area contributed by atoms with Gasteiger partial charge in [-0.2, -0.15) is 0 Å². The fraction of sp³-hybridized carbons (Fsp3) is 0.485. The number of hydrogen-bond donors (Lipinski definition) is 1. The maximum absolute atomic E-state index is 13.9. The van der Waals surface area contributed by atoms with Crippen LogP contribution in [0.15, 0.2) is 71.6 Å². The average Bonchev–Trinajstić information content (AvgIpc) is 3.45. The topological polar surface area (TPSA) is 35.6 Å². The number of nitrogens with zero attached hydrogens (tertiary/aromatic N) is 2. The third-order valence-electron chi connectivity index (χ3n) is 7.49. The van der Waals surface area contributed by atoms with E-state index in [2.05, 4.69) is 73.3 Å². The van der Waals surface area contributed by atoms with Crippen molar-refractivity contribution in [2.45, 2.75) is 66.8 Å². The van der Waals surface area contributed by atoms with Crippen molar-refractivity contribution in [3.63, 3.8) is 0 Å². The Bertz CT molecular complexity index is 1140. The second kappa shape index (κ2) is 15.3. The van der Waals surface area contributed by atoms with E-state index in [0.29, 0.717) is 26.4 Å². The molecule has 0 saturated carbocycles. The van der Waals surface area contributed by atoms with Gasteiger partial charge < -0.3 is 15.1 Å². The lowest BCUT2D eigenvalue weighted by atomic mass is 9.97. The summed E-state index contributed by atoms with van der Waals surface area (Å²) in [5.41, 5.74) is 4.62. The van der Waals surface area contributed by atoms with Gasteiger partial charge in [-0.25, -0.2) is 4.39 Å². The molecule has 0 radical (unpaired) electrons. The Hall–Kier alpha value is -2.49. The number of carbonyl (C=O) groups is 1. The van der Waals surface area contributed by atoms with E-state index in [1.807, 2.05) is 32.1 Å². The van der Waals surface area contributed by atoms with Crippen molar-refractivity contribution in [1.29, 1.82) is 0 Å². The van der Waals surface area contributed by atoms with Crippen molar-refractivity contribution in [3.05, 3.63) is 88.6 Å². The molecule has 4 rings (SSSR count). The Morgan fingerprint density at radius 2 is 1.95 bits per heavy atom. The zero-order valence-electron chi connectivity index (χ0n) is 24.7. The molecule has 1 N–H and O–H groups in total. The summed E-state index contributed by atoms with van der Waals surface area (Å²) in [5.74, 6) is 0.671. The SMILES string of the molecule is C/C=C(/C(=O)NCCN1CCCC1)N1C=C(C2=C(c3ccc(F)c(C)c3)PCC=C2)C=CC1C.CCC(C)C. The number of benzene rings is 1. The zero-order chi connectivity index (χ0) is 28.4. The van der Waals surface area contributed by atoms with E-state index in [9.17, 15) is 9.18 Å². The first kappa shape index (κ1) is 31.0. The molecule has 1 aromatic carbocycles. The quantitative estimate of drug-likeness (QED) is 0.270. The van der Waals surface area contributed by atoms with Crippen molar-refractivity contribution >= 4 is 19.8 Å². The standard InChI is InChI=1S/C28H35FN3OP.C5H12/c1-4-26(28(33)30-13-16-31-14-5-6-15-31)32-19-23(10-9-21(32)3)24-8-7-17-34-27(24)22-11-12-25(29)20(2)18-22;1-4-5(2)3/h4,7-12,18-19,21,34H,5-6,13-17H2,1-3H3,(H,30,33);5H,4H2,1-3H3/b26-4-;. The molecule has 6 heteroatoms. The molecule has 4 nitrogen and oxygen atoms in total. The summed E-state index contributed by atoms with van der Waals surface area (Å²) in [4.78, 5) is 17.5. The zero-order valence-corrected chi connectivity index (χ0v) is 25.7. The van der Waals surface area contributed by atoms with Crippen molar-refractivity contribution in [3.8, 4) is 0 Å². The Morgan fingerprint density at radius 1 is 1.23 bits per heavy atom. The fourth-order valence-corrected chi connectivity index (χ4v) is 5.95. The summed E-state index contributed by atoms with van der Waals surface area (Å²) in [6.45, 7) is 16.3. The molecule has 0 bridgehead atoms. The van der Waals surface area contributed by atoms with Gasteiger partial charge in [-0.05, 0) is 98.5 Å². The lowest BCUT2D eigenvalue weighted by molar-refractivity contribution is -0.118. The Balaban J connectivity index is 0.000000771. The smallest absolute Gasteiger partial charge is 0.267 e. The minimum absolute atomic E-state index is 0.0381. The summed E-state index contributed by atoms with van der Waals surface area (Å²) < 4.78 is 13.9. The van der Waals surface area contributed by atoms with Gasteiger partial charge >= 0.3 is 0 Å². The van der Waals surface area contributed by atoms with Gasteiger partial charge in [0.1, 0.15) is 11.5 Å². The van der Waals surface area contributed by atoms with Crippen LogP contribution in [0.3, 0.4) is 0 Å². The number of halogens is 1. The van der Waals surface area contributed by atoms with Crippen LogP contribution in [0.1, 0.15) is 65.0 Å². The average molecular weight is 552 g/mol. The molecule has 3 aliphatic heterocycles. The highest BCUT2D eigenvalue weighted by Gasteiger charge is 2.24. The van der Waals surface area contributed by atoms with Gasteiger partial charge in [0.05, 0.1) is 0 Å². The molecule has 1 aromatic rings. The van der Waals surface area contributed by atoms with Gasteiger partial charge in [-0.15, -0.1) is 0 Å². The number of aryl methyl sites for hydroxylation is 1. The molecule has 3 aliphatic rings. The molecule has 1 amide bonds. The van der Waals surface area contributed by atoms with E-state index in [4.69, 9.17) is 0 Å². The van der Waals surface area contributed by atoms with E-state index in [-0.39, 0.29) is 17.8 Å². The monoisotopic (exact) mass is 551 g/mol. The first-order chi connectivity index (χ1) is 18.7. The second-order valence-electron chi connectivity index (χ2n) is 10.9. The molecule has 1 fully saturated rings. The summed E-state index contributed by atoms with van der Waals surface area (Å²) in [6.07, 6.45) is 17.4. The normalized spacial score (nSPS) is 20.4. The molecule has 212 valence electrons. The highest BCUT2D eigenvalue weighted by Crippen LogP contribution is 2.43. The van der Waals surface area contributed by atoms with Crippen LogP contribution in [0.4, 0.5) is 4.39 Å². The lowest BCUT2D eigenvalue weighted by Gasteiger charge is -2.32. The van der Waals surface area contributed by atoms with Crippen LogP contribution in [0.25, 0.3) is 5.31 Å². The van der Waals surface area contributed by atoms with Crippen LogP contribution in [0.2, 0.25) is 0 Å². The molecule has 1 saturated heterocycles. The van der Waals surface area contributed by atoms with Crippen LogP contribution < -0.4 is 5.32 Å². The molecular weight excluding hydrogens is 504 g/mol. The number of nitrogens with one attached hydrogen (secondary N) is 1. The van der Waals surface area contributed by atoms with E-state index in [1.54, 1.807) is 6.07 Å². The lowest BCUT2D eigenvalue weighted by Crippen LogP contribution is -2.40. The summed E-state index contributed by atoms with van der Waals surface area (Å²) >= 11 is 0. The highest BCUT2D eigenvalue weighted by molar-refractivity contribution is 7.50. The van der Waals surface area contributed by atoms with Crippen molar-refractivity contribution in [1.82, 2.24) is 15.1 Å². The van der Waals surface area contributed by atoms with Crippen molar-refractivity contribution in [2.24, 2.45) is 5.92 Å². The van der Waals surface area contributed by atoms with Crippen molar-refractivity contribution in [2.75, 3.05) is 32.3 Å². The number of allylic oxidation sites excluding steroid dienone is 6. The molecule has 39 heavy (non-hydrogen) atoms. The van der Waals surface area contributed by atoms with Crippen LogP contribution in [-0.2, 0) is 4.79 Å². The molecule has 3 heterocycles. The predicted octanol–water partition coefficient (Wildman–Crippen LogP) is 7.41. The van der Waals surface area contributed by atoms with Crippen molar-refractivity contribution < 1.29 is 9.18 Å². The molecular formula is C33H47FN3OP. The molecule has 0 aliphatic carbocycles. The maximum atomic E-state index is 13.9. The van der Waals surface area contributed by atoms with Crippen LogP contribution in [0, 0.1) is 18.7 Å². The summed E-state index contributed by atoms with van der Waals surface area (Å²) in [6, 6.07) is 5.45. The van der Waals surface area contributed by atoms with Crippen LogP contribution in [-0.4, -0.2) is 54.1 Å². The number of rotatable bonds is 8. The molecule has 0 aromatic heterocycles. The van der Waals surface area contributed by atoms with Gasteiger partial charge in [-0.1, -0.05) is 72.2 Å². The van der Waals surface area contributed by atoms with Gasteiger partial charge in [-0.3, -0.25) is 4.79 Å². The summed E-state index contributed by atoms with van der Waals surface area (Å²) in [7, 11) is 0.625. The number of amides is 1. The molecule has 2 atom stereocenters. The maximum Gasteiger partial charge on any atom is 0.267 e. The first-order valence-corrected chi connectivity index (χ1v) is 15.7. The minimum atomic E-state index is -0.175. The predicted molar refractivity (Wildman–Crippen MR) is 166 cm³/mol. The second-order valence-corrected chi connectivity index (χ2v) is 12.2. The Kier molecular flexibility index (Phi) is 12.2. The third kappa shape index (κ3) is 8.75. The van der Waals surface area contributed by atoms with Gasteiger partial charge in [0.15, 0.2) is 0 Å². The molecule has 0 spiro atoms. The molecule has 2 unspecified atom stereocenters. The fourth-order valence-electron chi connectivity index (χ4n) is 4.73. The van der Waals surface area contributed by atoms with E-state index in [0.717, 1.165) is 48.4 Å². The van der Waals surface area contributed by atoms with Crippen LogP contribution in [0.5, 0.6) is 0 Å². The van der Waals surface area contributed by atoms with E-state index >= 15 is 0 Å². The number of hydrogen-bond acceptors (Lipinski definition) is 3. The van der Waals surface area contributed by atoms with Gasteiger partial charge in [0.25, 0.3) is 5.91 Å². The minimum Gasteiger partial charge on any atom is -0.349 e. The highest BCUT2D eigenvalue weighted by atomic mass is 31.1. The number of likely N-dealkylation sites (tertiary alicyclic amines) is 1. The van der Waals surface area contributed by atoms with Crippen LogP contribution >= 0.6 is 8.58 Å². The summed E-state index contributed by atoms with van der Waals surface area (Å²) in [5, 5.41) is 4.36. The van der Waals surface area contributed by atoms with E-state index < -0.39 is 0 Å². The van der Waals surface area contributed by atoms with Gasteiger partial charge in [0, 0.05) is 25.3 Å². The third-order valence-corrected chi connectivity index (χ3v) is 8.84. The largest absolute Gasteiger partial charge is 0.349 e.